The van der Waals surface area contributed by atoms with E-state index in [2.05, 4.69) is 74.9 Å². The first-order valence-corrected chi connectivity index (χ1v) is 11.4. The van der Waals surface area contributed by atoms with E-state index in [0.717, 1.165) is 68.1 Å². The molecule has 3 aromatic rings. The number of benzene rings is 2. The van der Waals surface area contributed by atoms with Crippen molar-refractivity contribution in [3.8, 4) is 11.5 Å². The third kappa shape index (κ3) is 4.39. The number of hydrogen-bond acceptors (Lipinski definition) is 8. The number of nitrogen functional groups attached to an aromatic ring is 1. The second-order valence-electron chi connectivity index (χ2n) is 8.47. The molecule has 0 aliphatic carbocycles. The summed E-state index contributed by atoms with van der Waals surface area (Å²) in [6.45, 7) is 9.75. The molecule has 1 aromatic heterocycles. The highest BCUT2D eigenvalue weighted by molar-refractivity contribution is 5.79. The second-order valence-corrected chi connectivity index (χ2v) is 8.47. The quantitative estimate of drug-likeness (QED) is 0.616. The summed E-state index contributed by atoms with van der Waals surface area (Å²) in [5, 5.41) is 0. The van der Waals surface area contributed by atoms with E-state index < -0.39 is 0 Å². The van der Waals surface area contributed by atoms with Crippen molar-refractivity contribution in [3.63, 3.8) is 0 Å². The van der Waals surface area contributed by atoms with Crippen LogP contribution in [-0.2, 0) is 6.54 Å². The highest BCUT2D eigenvalue weighted by atomic mass is 16.7. The Bertz CT molecular complexity index is 1130. The molecule has 3 heterocycles. The molecule has 0 amide bonds. The summed E-state index contributed by atoms with van der Waals surface area (Å²) in [7, 11) is 0. The van der Waals surface area contributed by atoms with Crippen LogP contribution in [0, 0.1) is 6.92 Å². The number of rotatable bonds is 6. The fraction of sp³-hybridized carbons (Fsp3) is 0.360. The molecule has 2 aromatic carbocycles. The van der Waals surface area contributed by atoms with Crippen LogP contribution in [0.1, 0.15) is 18.1 Å². The van der Waals surface area contributed by atoms with E-state index in [1.807, 2.05) is 6.07 Å². The number of nitrogens with zero attached hydrogens (tertiary/aromatic N) is 5. The molecule has 0 spiro atoms. The van der Waals surface area contributed by atoms with E-state index in [1.54, 1.807) is 6.33 Å². The Balaban J connectivity index is 1.28. The molecule has 1 fully saturated rings. The van der Waals surface area contributed by atoms with Crippen molar-refractivity contribution in [2.75, 3.05) is 55.1 Å². The first kappa shape index (κ1) is 21.3. The molecular formula is C25H30N6O2. The lowest BCUT2D eigenvalue weighted by atomic mass is 10.1. The molecule has 1 saturated heterocycles. The molecule has 0 unspecified atom stereocenters. The number of aromatic nitrogens is 2. The summed E-state index contributed by atoms with van der Waals surface area (Å²) in [6, 6.07) is 14.6. The standard InChI is InChI=1S/C25H30N6O2/c1-3-31(20-6-4-5-18(2)13-20)25-23(26)24(27-16-28-25)30-11-9-29(10-12-30)15-19-7-8-21-22(14-19)33-17-32-21/h4-8,13-14,16H,3,9-12,15,17,26H2,1-2H3. The molecule has 2 aliphatic heterocycles. The van der Waals surface area contributed by atoms with Gasteiger partial charge >= 0.3 is 0 Å². The lowest BCUT2D eigenvalue weighted by Crippen LogP contribution is -2.46. The van der Waals surface area contributed by atoms with Crippen molar-refractivity contribution in [2.24, 2.45) is 0 Å². The van der Waals surface area contributed by atoms with Gasteiger partial charge in [0.05, 0.1) is 0 Å². The summed E-state index contributed by atoms with van der Waals surface area (Å²) < 4.78 is 10.9. The SMILES string of the molecule is CCN(c1cccc(C)c1)c1ncnc(N2CCN(Cc3ccc4c(c3)OCO4)CC2)c1N. The van der Waals surface area contributed by atoms with Gasteiger partial charge < -0.3 is 25.0 Å². The number of hydrogen-bond donors (Lipinski definition) is 1. The lowest BCUT2D eigenvalue weighted by molar-refractivity contribution is 0.174. The number of piperazine rings is 1. The molecule has 8 heteroatoms. The summed E-state index contributed by atoms with van der Waals surface area (Å²) in [4.78, 5) is 15.9. The van der Waals surface area contributed by atoms with Crippen LogP contribution in [-0.4, -0.2) is 54.4 Å². The van der Waals surface area contributed by atoms with E-state index >= 15 is 0 Å². The first-order chi connectivity index (χ1) is 16.1. The van der Waals surface area contributed by atoms with Gasteiger partial charge in [-0.25, -0.2) is 9.97 Å². The van der Waals surface area contributed by atoms with Crippen molar-refractivity contribution in [1.29, 1.82) is 0 Å². The Morgan fingerprint density at radius 1 is 1.00 bits per heavy atom. The van der Waals surface area contributed by atoms with E-state index in [-0.39, 0.29) is 0 Å². The Hall–Kier alpha value is -3.52. The summed E-state index contributed by atoms with van der Waals surface area (Å²) >= 11 is 0. The molecule has 172 valence electrons. The van der Waals surface area contributed by atoms with Crippen LogP contribution in [0.2, 0.25) is 0 Å². The number of anilines is 4. The van der Waals surface area contributed by atoms with Gasteiger partial charge in [0.1, 0.15) is 12.0 Å². The highest BCUT2D eigenvalue weighted by Gasteiger charge is 2.24. The van der Waals surface area contributed by atoms with E-state index in [4.69, 9.17) is 15.2 Å². The zero-order valence-corrected chi connectivity index (χ0v) is 19.2. The van der Waals surface area contributed by atoms with Crippen LogP contribution in [0.5, 0.6) is 11.5 Å². The highest BCUT2D eigenvalue weighted by Crippen LogP contribution is 2.35. The van der Waals surface area contributed by atoms with Gasteiger partial charge in [0, 0.05) is 45.0 Å². The van der Waals surface area contributed by atoms with Crippen LogP contribution in [0.25, 0.3) is 0 Å². The van der Waals surface area contributed by atoms with Gasteiger partial charge in [-0.1, -0.05) is 18.2 Å². The minimum atomic E-state index is 0.305. The zero-order valence-electron chi connectivity index (χ0n) is 19.2. The molecular weight excluding hydrogens is 416 g/mol. The predicted octanol–water partition coefficient (Wildman–Crippen LogP) is 3.58. The third-order valence-electron chi connectivity index (χ3n) is 6.24. The number of fused-ring (bicyclic) bond motifs is 1. The summed E-state index contributed by atoms with van der Waals surface area (Å²) in [5.41, 5.74) is 10.8. The molecule has 0 saturated carbocycles. The number of ether oxygens (including phenoxy) is 2. The number of aryl methyl sites for hydroxylation is 1. The Morgan fingerprint density at radius 3 is 2.61 bits per heavy atom. The average Bonchev–Trinajstić information content (AvgIpc) is 3.29. The molecule has 0 atom stereocenters. The fourth-order valence-electron chi connectivity index (χ4n) is 4.51. The Labute approximate surface area is 194 Å². The van der Waals surface area contributed by atoms with Gasteiger partial charge in [0.25, 0.3) is 0 Å². The Morgan fingerprint density at radius 2 is 1.82 bits per heavy atom. The van der Waals surface area contributed by atoms with Gasteiger partial charge in [-0.15, -0.1) is 0 Å². The molecule has 0 radical (unpaired) electrons. The van der Waals surface area contributed by atoms with Crippen LogP contribution >= 0.6 is 0 Å². The van der Waals surface area contributed by atoms with Crippen molar-refractivity contribution < 1.29 is 9.47 Å². The summed E-state index contributed by atoms with van der Waals surface area (Å²) in [5.74, 6) is 3.23. The van der Waals surface area contributed by atoms with Gasteiger partial charge in [-0.05, 0) is 49.2 Å². The number of nitrogens with two attached hydrogens (primary N) is 1. The van der Waals surface area contributed by atoms with Crippen LogP contribution < -0.4 is 25.0 Å². The van der Waals surface area contributed by atoms with Crippen molar-refractivity contribution in [2.45, 2.75) is 20.4 Å². The van der Waals surface area contributed by atoms with Gasteiger partial charge in [-0.2, -0.15) is 0 Å². The van der Waals surface area contributed by atoms with Crippen LogP contribution in [0.4, 0.5) is 23.0 Å². The minimum Gasteiger partial charge on any atom is -0.454 e. The van der Waals surface area contributed by atoms with Crippen molar-refractivity contribution in [3.05, 3.63) is 59.9 Å². The van der Waals surface area contributed by atoms with E-state index in [9.17, 15) is 0 Å². The molecule has 5 rings (SSSR count). The topological polar surface area (TPSA) is 80.0 Å². The first-order valence-electron chi connectivity index (χ1n) is 11.4. The predicted molar refractivity (Wildman–Crippen MR) is 130 cm³/mol. The molecule has 33 heavy (non-hydrogen) atoms. The van der Waals surface area contributed by atoms with Gasteiger partial charge in [0.15, 0.2) is 23.1 Å². The van der Waals surface area contributed by atoms with Crippen LogP contribution in [0.15, 0.2) is 48.8 Å². The second kappa shape index (κ2) is 9.15. The van der Waals surface area contributed by atoms with E-state index in [0.29, 0.717) is 12.5 Å². The zero-order chi connectivity index (χ0) is 22.8. The minimum absolute atomic E-state index is 0.305. The van der Waals surface area contributed by atoms with E-state index in [1.165, 1.54) is 11.1 Å². The maximum atomic E-state index is 6.63. The maximum Gasteiger partial charge on any atom is 0.231 e. The molecule has 0 bridgehead atoms. The molecule has 2 N–H and O–H groups in total. The van der Waals surface area contributed by atoms with Crippen molar-refractivity contribution >= 4 is 23.0 Å². The van der Waals surface area contributed by atoms with Gasteiger partial charge in [0.2, 0.25) is 6.79 Å². The fourth-order valence-corrected chi connectivity index (χ4v) is 4.51. The average molecular weight is 447 g/mol. The smallest absolute Gasteiger partial charge is 0.231 e. The Kier molecular flexibility index (Phi) is 5.92. The van der Waals surface area contributed by atoms with Gasteiger partial charge in [-0.3, -0.25) is 4.90 Å². The molecule has 8 nitrogen and oxygen atoms in total. The normalized spacial score (nSPS) is 15.6. The maximum absolute atomic E-state index is 6.63. The van der Waals surface area contributed by atoms with Crippen LogP contribution in [0.3, 0.4) is 0 Å². The van der Waals surface area contributed by atoms with Crippen molar-refractivity contribution in [1.82, 2.24) is 14.9 Å². The summed E-state index contributed by atoms with van der Waals surface area (Å²) in [6.07, 6.45) is 1.62. The monoisotopic (exact) mass is 446 g/mol. The molecule has 2 aliphatic rings. The largest absolute Gasteiger partial charge is 0.454 e. The third-order valence-corrected chi connectivity index (χ3v) is 6.24. The lowest BCUT2D eigenvalue weighted by Gasteiger charge is -2.36.